The summed E-state index contributed by atoms with van der Waals surface area (Å²) in [6.07, 6.45) is -0.313. The molecule has 4 rings (SSSR count). The maximum Gasteiger partial charge on any atom is 0.434 e. The van der Waals surface area contributed by atoms with Gasteiger partial charge >= 0.3 is 12.3 Å². The summed E-state index contributed by atoms with van der Waals surface area (Å²) in [5.41, 5.74) is 4.90. The van der Waals surface area contributed by atoms with Crippen LogP contribution in [0.25, 0.3) is 0 Å². The number of nitrogens with zero attached hydrogens (tertiary/aromatic N) is 2. The van der Waals surface area contributed by atoms with Gasteiger partial charge in [0.15, 0.2) is 5.69 Å². The lowest BCUT2D eigenvalue weighted by Gasteiger charge is -2.24. The molecule has 3 heterocycles. The molecule has 1 aliphatic carbocycles. The Morgan fingerprint density at radius 1 is 1.24 bits per heavy atom. The zero-order valence-electron chi connectivity index (χ0n) is 18.8. The van der Waals surface area contributed by atoms with Gasteiger partial charge < -0.3 is 20.1 Å². The number of aromatic nitrogens is 2. The third-order valence-electron chi connectivity index (χ3n) is 6.50. The number of carbonyl (C=O) groups is 2. The molecule has 3 aliphatic rings. The summed E-state index contributed by atoms with van der Waals surface area (Å²) >= 11 is 0. The summed E-state index contributed by atoms with van der Waals surface area (Å²) in [6, 6.07) is 0.0913. The third-order valence-corrected chi connectivity index (χ3v) is 6.50. The Kier molecular flexibility index (Phi) is 7.24. The first-order chi connectivity index (χ1) is 16.1. The second-order valence-electron chi connectivity index (χ2n) is 9.41. The van der Waals surface area contributed by atoms with Crippen molar-refractivity contribution in [1.82, 2.24) is 31.5 Å². The predicted molar refractivity (Wildman–Crippen MR) is 112 cm³/mol. The van der Waals surface area contributed by atoms with Gasteiger partial charge in [0.2, 0.25) is 5.91 Å². The summed E-state index contributed by atoms with van der Waals surface area (Å²) in [4.78, 5) is 31.5. The lowest BCUT2D eigenvalue weighted by molar-refractivity contribution is -0.141. The minimum Gasteiger partial charge on any atom is -0.446 e. The summed E-state index contributed by atoms with van der Waals surface area (Å²) in [5, 5.41) is 5.70. The van der Waals surface area contributed by atoms with E-state index >= 15 is 0 Å². The van der Waals surface area contributed by atoms with Gasteiger partial charge in [0, 0.05) is 18.8 Å². The fraction of sp³-hybridized carbons (Fsp3) is 0.714. The number of hydrazine groups is 1. The molecule has 1 aromatic rings. The Morgan fingerprint density at radius 2 is 2.06 bits per heavy atom. The molecule has 2 amide bonds. The first-order valence-electron chi connectivity index (χ1n) is 11.3. The van der Waals surface area contributed by atoms with Gasteiger partial charge in [-0.15, -0.1) is 0 Å². The second kappa shape index (κ2) is 10.0. The molecule has 0 bridgehead atoms. The maximum atomic E-state index is 12.6. The molecule has 0 radical (unpaired) electrons. The minimum atomic E-state index is -4.57. The first-order valence-corrected chi connectivity index (χ1v) is 11.3. The molecule has 2 saturated heterocycles. The van der Waals surface area contributed by atoms with Crippen LogP contribution in [0.4, 0.5) is 18.0 Å². The van der Waals surface area contributed by atoms with E-state index in [2.05, 4.69) is 31.5 Å². The van der Waals surface area contributed by atoms with Gasteiger partial charge in [-0.3, -0.25) is 15.2 Å². The number of carbonyl (C=O) groups excluding carboxylic acids is 2. The summed E-state index contributed by atoms with van der Waals surface area (Å²) in [6.45, 7) is 3.04. The van der Waals surface area contributed by atoms with Crippen LogP contribution in [-0.2, 0) is 26.9 Å². The first kappa shape index (κ1) is 24.6. The third kappa shape index (κ3) is 6.33. The smallest absolute Gasteiger partial charge is 0.434 e. The molecule has 5 atom stereocenters. The fourth-order valence-corrected chi connectivity index (χ4v) is 4.63. The lowest BCUT2D eigenvalue weighted by atomic mass is 9.96. The standard InChI is InChI=1S/C21H29F3N6O4/c1-20(4-5-33-11-20)28-19(32)34-14-3-2-12(6-14)15-8-17(30-29-15)27-18(31)7-13-9-26-16(10-25-13)21(22,23)24/h9-10,12,14-15,17,29-30H,2-8,11H2,1H3,(H,27,31)(H,28,32)/t12-,14+,15?,17?,20?/m0/s1. The molecule has 1 aromatic heterocycles. The van der Waals surface area contributed by atoms with Crippen molar-refractivity contribution in [1.29, 1.82) is 0 Å². The normalized spacial score (nSPS) is 31.4. The maximum absolute atomic E-state index is 12.6. The second-order valence-corrected chi connectivity index (χ2v) is 9.41. The highest BCUT2D eigenvalue weighted by molar-refractivity contribution is 5.78. The quantitative estimate of drug-likeness (QED) is 0.476. The molecular weight excluding hydrogens is 457 g/mol. The molecule has 13 heteroatoms. The average Bonchev–Trinajstić information content (AvgIpc) is 3.49. The molecule has 0 aromatic carbocycles. The minimum absolute atomic E-state index is 0.0913. The molecule has 3 fully saturated rings. The SMILES string of the molecule is CC1(NC(=O)O[C@@H]2CC[C@H](C3CC(NC(=O)Cc4cnc(C(F)(F)F)cn4)NN3)C2)CCOC1. The average molecular weight is 486 g/mol. The number of hydrogen-bond donors (Lipinski definition) is 4. The van der Waals surface area contributed by atoms with Gasteiger partial charge in [0.1, 0.15) is 6.10 Å². The number of ether oxygens (including phenoxy) is 2. The number of alkyl carbamates (subject to hydrolysis) is 1. The van der Waals surface area contributed by atoms with E-state index in [-0.39, 0.29) is 47.8 Å². The zero-order valence-corrected chi connectivity index (χ0v) is 18.8. The monoisotopic (exact) mass is 486 g/mol. The van der Waals surface area contributed by atoms with Crippen molar-refractivity contribution >= 4 is 12.0 Å². The Bertz CT molecular complexity index is 878. The Morgan fingerprint density at radius 3 is 2.74 bits per heavy atom. The summed E-state index contributed by atoms with van der Waals surface area (Å²) < 4.78 is 48.7. The highest BCUT2D eigenvalue weighted by atomic mass is 19.4. The van der Waals surface area contributed by atoms with E-state index < -0.39 is 18.0 Å². The van der Waals surface area contributed by atoms with E-state index in [0.717, 1.165) is 31.9 Å². The fourth-order valence-electron chi connectivity index (χ4n) is 4.63. The molecule has 188 valence electrons. The van der Waals surface area contributed by atoms with Crippen LogP contribution >= 0.6 is 0 Å². The van der Waals surface area contributed by atoms with Crippen molar-refractivity contribution in [2.75, 3.05) is 13.2 Å². The van der Waals surface area contributed by atoms with Crippen LogP contribution in [0, 0.1) is 5.92 Å². The molecule has 10 nitrogen and oxygen atoms in total. The number of rotatable bonds is 6. The predicted octanol–water partition coefficient (Wildman–Crippen LogP) is 1.42. The van der Waals surface area contributed by atoms with Crippen LogP contribution < -0.4 is 21.5 Å². The number of alkyl halides is 3. The lowest BCUT2D eigenvalue weighted by Crippen LogP contribution is -2.47. The largest absolute Gasteiger partial charge is 0.446 e. The van der Waals surface area contributed by atoms with Crippen molar-refractivity contribution < 1.29 is 32.2 Å². The van der Waals surface area contributed by atoms with E-state index in [1.807, 2.05) is 6.92 Å². The molecule has 0 spiro atoms. The van der Waals surface area contributed by atoms with Gasteiger partial charge in [-0.1, -0.05) is 0 Å². The Labute approximate surface area is 194 Å². The number of halogens is 3. The zero-order chi connectivity index (χ0) is 24.3. The van der Waals surface area contributed by atoms with Crippen LogP contribution in [-0.4, -0.2) is 59.0 Å². The van der Waals surface area contributed by atoms with E-state index in [4.69, 9.17) is 9.47 Å². The van der Waals surface area contributed by atoms with Crippen molar-refractivity contribution in [3.8, 4) is 0 Å². The number of hydrogen-bond acceptors (Lipinski definition) is 8. The Balaban J connectivity index is 1.18. The van der Waals surface area contributed by atoms with Crippen molar-refractivity contribution in [2.24, 2.45) is 5.92 Å². The molecular formula is C21H29F3N6O4. The highest BCUT2D eigenvalue weighted by Crippen LogP contribution is 2.33. The van der Waals surface area contributed by atoms with Crippen LogP contribution in [0.5, 0.6) is 0 Å². The van der Waals surface area contributed by atoms with Crippen molar-refractivity contribution in [3.05, 3.63) is 23.8 Å². The van der Waals surface area contributed by atoms with Gasteiger partial charge in [0.25, 0.3) is 0 Å². The summed E-state index contributed by atoms with van der Waals surface area (Å²) in [5.74, 6) is -0.0962. The number of amides is 2. The molecule has 4 N–H and O–H groups in total. The van der Waals surface area contributed by atoms with Gasteiger partial charge in [0.05, 0.1) is 36.6 Å². The van der Waals surface area contributed by atoms with E-state index in [1.165, 1.54) is 0 Å². The van der Waals surface area contributed by atoms with Crippen molar-refractivity contribution in [2.45, 2.75) is 75.5 Å². The Hall–Kier alpha value is -2.51. The van der Waals surface area contributed by atoms with E-state index in [9.17, 15) is 22.8 Å². The topological polar surface area (TPSA) is 127 Å². The van der Waals surface area contributed by atoms with Gasteiger partial charge in [-0.2, -0.15) is 13.2 Å². The molecule has 34 heavy (non-hydrogen) atoms. The molecule has 3 unspecified atom stereocenters. The van der Waals surface area contributed by atoms with Crippen LogP contribution in [0.3, 0.4) is 0 Å². The van der Waals surface area contributed by atoms with Crippen molar-refractivity contribution in [3.63, 3.8) is 0 Å². The number of nitrogens with one attached hydrogen (secondary N) is 4. The van der Waals surface area contributed by atoms with Gasteiger partial charge in [-0.25, -0.2) is 15.2 Å². The van der Waals surface area contributed by atoms with Crippen LogP contribution in [0.15, 0.2) is 12.4 Å². The van der Waals surface area contributed by atoms with E-state index in [1.54, 1.807) is 0 Å². The highest BCUT2D eigenvalue weighted by Gasteiger charge is 2.38. The van der Waals surface area contributed by atoms with E-state index in [0.29, 0.717) is 25.8 Å². The van der Waals surface area contributed by atoms with Crippen LogP contribution in [0.2, 0.25) is 0 Å². The van der Waals surface area contributed by atoms with Gasteiger partial charge in [-0.05, 0) is 44.9 Å². The molecule has 1 saturated carbocycles. The molecule has 2 aliphatic heterocycles. The summed E-state index contributed by atoms with van der Waals surface area (Å²) in [7, 11) is 0. The van der Waals surface area contributed by atoms with Crippen LogP contribution in [0.1, 0.15) is 50.4 Å².